The first-order valence-corrected chi connectivity index (χ1v) is 12.7. The Labute approximate surface area is 212 Å². The normalized spacial score (nSPS) is 22.9. The van der Waals surface area contributed by atoms with Crippen molar-refractivity contribution >= 4 is 11.9 Å². The van der Waals surface area contributed by atoms with Crippen LogP contribution in [0, 0.1) is 24.7 Å². The second kappa shape index (κ2) is 10.8. The number of carboxylic acid groups (broad SMARTS) is 1. The number of carboxylic acids is 1. The quantitative estimate of drug-likeness (QED) is 0.499. The Kier molecular flexibility index (Phi) is 7.79. The zero-order valence-corrected chi connectivity index (χ0v) is 21.5. The molecule has 1 aromatic heterocycles. The SMILES string of the molecule is CC/C1=C\C(OCc2cccc(-c3ccc(OCCC(C)(C)O)nc3C)c2)=NCC2C(C1)[C@@H]2C(=O)O. The number of aliphatic imine (C=N–C) groups is 1. The van der Waals surface area contributed by atoms with Gasteiger partial charge in [0, 0.05) is 30.3 Å². The maximum atomic E-state index is 11.5. The highest BCUT2D eigenvalue weighted by Crippen LogP contribution is 2.51. The minimum Gasteiger partial charge on any atom is -0.481 e. The van der Waals surface area contributed by atoms with Crippen molar-refractivity contribution in [3.8, 4) is 17.0 Å². The molecule has 1 aromatic carbocycles. The Balaban J connectivity index is 1.41. The average Bonchev–Trinajstić information content (AvgIpc) is 3.49. The lowest BCUT2D eigenvalue weighted by atomic mass is 10.0. The molecule has 1 aliphatic heterocycles. The van der Waals surface area contributed by atoms with E-state index < -0.39 is 11.6 Å². The molecule has 0 amide bonds. The molecule has 3 atom stereocenters. The molecule has 4 rings (SSSR count). The number of aliphatic carboxylic acids is 1. The number of aromatic nitrogens is 1. The highest BCUT2D eigenvalue weighted by molar-refractivity contribution is 5.89. The summed E-state index contributed by atoms with van der Waals surface area (Å²) in [5.74, 6) is 0.439. The summed E-state index contributed by atoms with van der Waals surface area (Å²) in [6, 6.07) is 12.0. The first-order chi connectivity index (χ1) is 17.1. The van der Waals surface area contributed by atoms with Crippen molar-refractivity contribution in [3.63, 3.8) is 0 Å². The van der Waals surface area contributed by atoms with Gasteiger partial charge < -0.3 is 19.7 Å². The number of carbonyl (C=O) groups is 1. The maximum Gasteiger partial charge on any atom is 0.307 e. The number of ether oxygens (including phenoxy) is 2. The lowest BCUT2D eigenvalue weighted by Gasteiger charge is -2.17. The Morgan fingerprint density at radius 2 is 1.97 bits per heavy atom. The minimum absolute atomic E-state index is 0.109. The van der Waals surface area contributed by atoms with Crippen molar-refractivity contribution in [2.45, 2.75) is 59.2 Å². The third kappa shape index (κ3) is 6.52. The smallest absolute Gasteiger partial charge is 0.307 e. The molecule has 2 aromatic rings. The molecule has 1 aliphatic carbocycles. The highest BCUT2D eigenvalue weighted by atomic mass is 16.5. The van der Waals surface area contributed by atoms with Crippen LogP contribution in [0.3, 0.4) is 0 Å². The van der Waals surface area contributed by atoms with Crippen molar-refractivity contribution in [1.29, 1.82) is 0 Å². The van der Waals surface area contributed by atoms with E-state index in [-0.39, 0.29) is 17.8 Å². The Hall–Kier alpha value is -3.19. The van der Waals surface area contributed by atoms with E-state index in [1.165, 1.54) is 5.57 Å². The molecule has 0 radical (unpaired) electrons. The fraction of sp³-hybridized carbons (Fsp3) is 0.483. The van der Waals surface area contributed by atoms with Crippen LogP contribution in [0.2, 0.25) is 0 Å². The van der Waals surface area contributed by atoms with Gasteiger partial charge in [-0.25, -0.2) is 4.98 Å². The van der Waals surface area contributed by atoms with Crippen molar-refractivity contribution in [3.05, 3.63) is 59.3 Å². The first kappa shape index (κ1) is 25.9. The number of nitrogens with zero attached hydrogens (tertiary/aromatic N) is 2. The van der Waals surface area contributed by atoms with Crippen LogP contribution >= 0.6 is 0 Å². The maximum absolute atomic E-state index is 11.5. The first-order valence-electron chi connectivity index (χ1n) is 12.7. The van der Waals surface area contributed by atoms with Gasteiger partial charge >= 0.3 is 5.97 Å². The third-order valence-corrected chi connectivity index (χ3v) is 7.00. The van der Waals surface area contributed by atoms with Crippen LogP contribution in [0.1, 0.15) is 51.3 Å². The van der Waals surface area contributed by atoms with Crippen LogP contribution in [0.5, 0.6) is 5.88 Å². The molecule has 0 saturated heterocycles. The number of rotatable bonds is 9. The predicted octanol–water partition coefficient (Wildman–Crippen LogP) is 5.20. The van der Waals surface area contributed by atoms with Crippen LogP contribution in [0.15, 0.2) is 53.0 Å². The number of fused-ring (bicyclic) bond motifs is 1. The van der Waals surface area contributed by atoms with Gasteiger partial charge in [-0.3, -0.25) is 9.79 Å². The molecule has 2 unspecified atom stereocenters. The minimum atomic E-state index is -0.770. The fourth-order valence-corrected chi connectivity index (χ4v) is 4.76. The van der Waals surface area contributed by atoms with Gasteiger partial charge in [0.05, 0.1) is 18.1 Å². The Morgan fingerprint density at radius 3 is 2.67 bits per heavy atom. The van der Waals surface area contributed by atoms with E-state index in [1.807, 2.05) is 43.3 Å². The van der Waals surface area contributed by atoms with Gasteiger partial charge in [0.1, 0.15) is 6.61 Å². The van der Waals surface area contributed by atoms with Crippen molar-refractivity contribution in [2.75, 3.05) is 13.2 Å². The predicted molar refractivity (Wildman–Crippen MR) is 139 cm³/mol. The molecule has 0 spiro atoms. The molecule has 2 aliphatic rings. The van der Waals surface area contributed by atoms with Crippen molar-refractivity contribution in [1.82, 2.24) is 4.98 Å². The Morgan fingerprint density at radius 1 is 1.17 bits per heavy atom. The number of hydrogen-bond donors (Lipinski definition) is 2. The van der Waals surface area contributed by atoms with Gasteiger partial charge in [-0.1, -0.05) is 30.7 Å². The van der Waals surface area contributed by atoms with E-state index in [0.29, 0.717) is 38.0 Å². The molecule has 2 N–H and O–H groups in total. The highest BCUT2D eigenvalue weighted by Gasteiger charge is 2.54. The molecule has 1 fully saturated rings. The summed E-state index contributed by atoms with van der Waals surface area (Å²) in [7, 11) is 0. The van der Waals surface area contributed by atoms with Gasteiger partial charge in [-0.05, 0) is 74.8 Å². The van der Waals surface area contributed by atoms with Crippen molar-refractivity contribution < 1.29 is 24.5 Å². The van der Waals surface area contributed by atoms with Gasteiger partial charge in [-0.15, -0.1) is 0 Å². The monoisotopic (exact) mass is 492 g/mol. The summed E-state index contributed by atoms with van der Waals surface area (Å²) < 4.78 is 11.8. The van der Waals surface area contributed by atoms with Crippen LogP contribution < -0.4 is 4.74 Å². The van der Waals surface area contributed by atoms with E-state index in [4.69, 9.17) is 9.47 Å². The number of pyridine rings is 1. The molecule has 36 heavy (non-hydrogen) atoms. The summed E-state index contributed by atoms with van der Waals surface area (Å²) in [4.78, 5) is 20.7. The van der Waals surface area contributed by atoms with Crippen LogP contribution in [0.4, 0.5) is 0 Å². The third-order valence-electron chi connectivity index (χ3n) is 7.00. The molecule has 7 nitrogen and oxygen atoms in total. The molecule has 1 saturated carbocycles. The zero-order chi connectivity index (χ0) is 25.9. The number of hydrogen-bond acceptors (Lipinski definition) is 6. The summed E-state index contributed by atoms with van der Waals surface area (Å²) >= 11 is 0. The van der Waals surface area contributed by atoms with Crippen LogP contribution in [0.25, 0.3) is 11.1 Å². The summed E-state index contributed by atoms with van der Waals surface area (Å²) in [6.45, 7) is 8.84. The number of benzene rings is 1. The molecular formula is C29H36N2O5. The fourth-order valence-electron chi connectivity index (χ4n) is 4.76. The lowest BCUT2D eigenvalue weighted by Crippen LogP contribution is -2.22. The topological polar surface area (TPSA) is 101 Å². The van der Waals surface area contributed by atoms with E-state index in [2.05, 4.69) is 23.0 Å². The molecule has 2 heterocycles. The second-order valence-corrected chi connectivity index (χ2v) is 10.4. The molecule has 192 valence electrons. The van der Waals surface area contributed by atoms with E-state index in [0.717, 1.165) is 35.2 Å². The largest absolute Gasteiger partial charge is 0.481 e. The van der Waals surface area contributed by atoms with Crippen LogP contribution in [-0.4, -0.2) is 45.8 Å². The number of aliphatic hydroxyl groups is 1. The van der Waals surface area contributed by atoms with Crippen LogP contribution in [-0.2, 0) is 16.1 Å². The van der Waals surface area contributed by atoms with Crippen molar-refractivity contribution in [2.24, 2.45) is 22.7 Å². The second-order valence-electron chi connectivity index (χ2n) is 10.4. The molecule has 0 bridgehead atoms. The average molecular weight is 493 g/mol. The zero-order valence-electron chi connectivity index (χ0n) is 21.5. The standard InChI is InChI=1S/C29H36N2O5/c1-5-19-14-23-24(27(23)28(32)33)16-30-26(15-19)36-17-20-7-6-8-21(13-20)22-9-10-25(31-18(22)2)35-12-11-29(3,4)34/h6-10,13,15,23-24,27,34H,5,11-12,14,16-17H2,1-4H3,(H,32,33)/b19-15+,30-26?/t23?,24?,27-/m0/s1. The van der Waals surface area contributed by atoms with E-state index >= 15 is 0 Å². The molecule has 7 heteroatoms. The summed E-state index contributed by atoms with van der Waals surface area (Å²) in [5.41, 5.74) is 4.35. The lowest BCUT2D eigenvalue weighted by molar-refractivity contribution is -0.139. The van der Waals surface area contributed by atoms with Gasteiger partial charge in [-0.2, -0.15) is 0 Å². The Bertz CT molecular complexity index is 1160. The number of aryl methyl sites for hydroxylation is 1. The summed E-state index contributed by atoms with van der Waals surface area (Å²) in [6.07, 6.45) is 4.18. The van der Waals surface area contributed by atoms with Gasteiger partial charge in [0.2, 0.25) is 11.8 Å². The van der Waals surface area contributed by atoms with E-state index in [9.17, 15) is 15.0 Å². The van der Waals surface area contributed by atoms with Gasteiger partial charge in [0.25, 0.3) is 0 Å². The summed E-state index contributed by atoms with van der Waals surface area (Å²) in [5, 5.41) is 19.3. The van der Waals surface area contributed by atoms with E-state index in [1.54, 1.807) is 13.8 Å². The molecular weight excluding hydrogens is 456 g/mol. The number of allylic oxidation sites excluding steroid dienone is 1. The van der Waals surface area contributed by atoms with Gasteiger partial charge in [0.15, 0.2) is 0 Å².